The normalized spacial score (nSPS) is 9.80. The van der Waals surface area contributed by atoms with E-state index in [0.29, 0.717) is 0 Å². The molecule has 0 spiro atoms. The molecule has 0 heterocycles. The predicted molar refractivity (Wildman–Crippen MR) is 25.4 cm³/mol. The molecular weight excluding hydrogens is 87.1 g/mol. The fourth-order valence-electron chi connectivity index (χ4n) is 0. The van der Waals surface area contributed by atoms with Crippen LogP contribution >= 0.6 is 0 Å². The summed E-state index contributed by atoms with van der Waals surface area (Å²) in [5, 5.41) is 0. The van der Waals surface area contributed by atoms with Crippen molar-refractivity contribution in [2.45, 2.75) is 14.4 Å². The summed E-state index contributed by atoms with van der Waals surface area (Å²) in [6, 6.07) is 0. The van der Waals surface area contributed by atoms with Crippen molar-refractivity contribution in [2.24, 2.45) is 5.92 Å². The Morgan fingerprint density at radius 1 is 1.60 bits per heavy atom. The van der Waals surface area contributed by atoms with Crippen LogP contribution in [0.3, 0.4) is 0 Å². The third-order valence-electron chi connectivity index (χ3n) is 0.816. The van der Waals surface area contributed by atoms with Gasteiger partial charge in [0.25, 0.3) is 0 Å². The van der Waals surface area contributed by atoms with E-state index in [-0.39, 0.29) is 0 Å². The summed E-state index contributed by atoms with van der Waals surface area (Å²) in [7, 11) is 0. The van der Waals surface area contributed by atoms with Crippen LogP contribution in [0, 0.1) is 5.92 Å². The van der Waals surface area contributed by atoms with E-state index in [9.17, 15) is 0 Å². The van der Waals surface area contributed by atoms with Crippen LogP contribution in [-0.4, -0.2) is 49.0 Å². The van der Waals surface area contributed by atoms with E-state index in [1.165, 1.54) is 0.515 Å². The average Bonchev–Trinajstić information content (AvgIpc) is 1.38. The van der Waals surface area contributed by atoms with Gasteiger partial charge < -0.3 is 0 Å². The number of hydrogen-bond acceptors (Lipinski definition) is 0. The van der Waals surface area contributed by atoms with Gasteiger partial charge in [-0.15, -0.1) is 0 Å². The average molecular weight is 96.2 g/mol. The van der Waals surface area contributed by atoms with Crippen molar-refractivity contribution in [2.75, 3.05) is 0 Å². The molecule has 0 radical (unpaired) electrons. The summed E-state index contributed by atoms with van der Waals surface area (Å²) in [6.07, 6.45) is 0. The van der Waals surface area contributed by atoms with Crippen LogP contribution in [0.25, 0.3) is 0 Å². The Hall–Kier alpha value is 1.64. The first-order valence-electron chi connectivity index (χ1n) is 2.27. The molecule has 0 nitrogen and oxygen atoms in total. The third-order valence-corrected chi connectivity index (χ3v) is 3.37. The minimum atomic E-state index is 0.968. The first-order valence-corrected chi connectivity index (χ1v) is 4.48. The Morgan fingerprint density at radius 3 is 1.80 bits per heavy atom. The van der Waals surface area contributed by atoms with E-state index >= 15 is 0 Å². The molecule has 0 saturated carbocycles. The molecule has 26 valence electrons. The quantitative estimate of drug-likeness (QED) is 0.431. The van der Waals surface area contributed by atoms with Gasteiger partial charge in [0.05, 0.1) is 0 Å². The van der Waals surface area contributed by atoms with Gasteiger partial charge in [0.1, 0.15) is 0 Å². The van der Waals surface area contributed by atoms with Crippen LogP contribution in [0.1, 0.15) is 13.8 Å². The molecule has 0 N–H and O–H groups in total. The Morgan fingerprint density at radius 2 is 1.80 bits per heavy atom. The summed E-state index contributed by atoms with van der Waals surface area (Å²) < 4.78 is 1.49. The van der Waals surface area contributed by atoms with E-state index in [2.05, 4.69) is 13.8 Å². The Labute approximate surface area is 67.9 Å². The van der Waals surface area contributed by atoms with Crippen molar-refractivity contribution >= 4 is 49.0 Å². The van der Waals surface area contributed by atoms with Gasteiger partial charge in [-0.3, -0.25) is 0 Å². The van der Waals surface area contributed by atoms with E-state index < -0.39 is 0 Å². The minimum absolute atomic E-state index is 0.968. The second-order valence-corrected chi connectivity index (χ2v) is 3.08. The Balaban J connectivity index is 2.54. The molecule has 0 amide bonds. The molecule has 1 heteroatoms. The first-order chi connectivity index (χ1) is 2.27. The molecule has 0 aliphatic heterocycles. The van der Waals surface area contributed by atoms with Crippen LogP contribution in [-0.2, 0) is 0 Å². The number of rotatable bonds is 1. The second-order valence-electron chi connectivity index (χ2n) is 1.80. The predicted octanol–water partition coefficient (Wildman–Crippen LogP) is 1.23. The van der Waals surface area contributed by atoms with Crippen molar-refractivity contribution in [1.29, 1.82) is 0 Å². The van der Waals surface area contributed by atoms with Gasteiger partial charge in [0, 0.05) is 0 Å². The maximum absolute atomic E-state index is 2.27. The first kappa shape index (κ1) is 6.64. The van der Waals surface area contributed by atoms with Crippen LogP contribution in [0.15, 0.2) is 0 Å². The van der Waals surface area contributed by atoms with Gasteiger partial charge in [0.15, 0.2) is 0 Å². The molecule has 0 aromatic rings. The maximum atomic E-state index is 2.27. The third kappa shape index (κ3) is 5.64. The van der Waals surface area contributed by atoms with Crippen molar-refractivity contribution in [3.63, 3.8) is 0 Å². The molecule has 0 unspecified atom stereocenters. The Bertz CT molecular complexity index is 17.6. The van der Waals surface area contributed by atoms with E-state index in [1.54, 1.807) is 0 Å². The molecule has 0 aliphatic rings. The van der Waals surface area contributed by atoms with Crippen molar-refractivity contribution in [3.05, 3.63) is 0 Å². The SMILES string of the molecule is CC(C)[CH2][K]. The van der Waals surface area contributed by atoms with Crippen LogP contribution in [0.5, 0.6) is 0 Å². The van der Waals surface area contributed by atoms with Crippen molar-refractivity contribution < 1.29 is 0 Å². The monoisotopic (exact) mass is 96.0 g/mol. The second kappa shape index (κ2) is 3.81. The fraction of sp³-hybridized carbons (Fsp3) is 1.00. The van der Waals surface area contributed by atoms with Crippen LogP contribution in [0.4, 0.5) is 0 Å². The van der Waals surface area contributed by atoms with Crippen LogP contribution < -0.4 is 0 Å². The van der Waals surface area contributed by atoms with Gasteiger partial charge >= 0.3 is 69.2 Å². The summed E-state index contributed by atoms with van der Waals surface area (Å²) in [5.41, 5.74) is 0. The van der Waals surface area contributed by atoms with E-state index in [0.717, 1.165) is 54.9 Å². The van der Waals surface area contributed by atoms with Gasteiger partial charge in [0.2, 0.25) is 0 Å². The zero-order valence-electron chi connectivity index (χ0n) is 4.28. The summed E-state index contributed by atoms with van der Waals surface area (Å²) in [4.78, 5) is 0. The van der Waals surface area contributed by atoms with Gasteiger partial charge in [-0.25, -0.2) is 0 Å². The zero-order valence-corrected chi connectivity index (χ0v) is 7.41. The molecular formula is C4H9K. The zero-order chi connectivity index (χ0) is 4.28. The standard InChI is InChI=1S/C4H9.K/c1-4(2)3;/h4H,1H2,2-3H3;. The Kier molecular flexibility index (Phi) is 5.06. The molecule has 0 rings (SSSR count). The molecule has 0 aliphatic carbocycles. The van der Waals surface area contributed by atoms with E-state index in [1.807, 2.05) is 0 Å². The van der Waals surface area contributed by atoms with Crippen molar-refractivity contribution in [1.82, 2.24) is 0 Å². The molecule has 0 fully saturated rings. The summed E-state index contributed by atoms with van der Waals surface area (Å²) in [5.74, 6) is 0.968. The molecule has 0 aromatic carbocycles. The van der Waals surface area contributed by atoms with Gasteiger partial charge in [-0.1, -0.05) is 0 Å². The van der Waals surface area contributed by atoms with Crippen LogP contribution in [0.2, 0.25) is 0.515 Å². The van der Waals surface area contributed by atoms with Gasteiger partial charge in [-0.2, -0.15) is 0 Å². The molecule has 0 bridgehead atoms. The molecule has 0 aromatic heterocycles. The fourth-order valence-corrected chi connectivity index (χ4v) is 0. The van der Waals surface area contributed by atoms with Gasteiger partial charge in [-0.05, 0) is 0 Å². The topological polar surface area (TPSA) is 0 Å². The molecule has 0 atom stereocenters. The summed E-state index contributed by atoms with van der Waals surface area (Å²) >= 11 is 1.08. The number of hydrogen-bond donors (Lipinski definition) is 0. The molecule has 0 saturated heterocycles. The summed E-state index contributed by atoms with van der Waals surface area (Å²) in [6.45, 7) is 4.54. The van der Waals surface area contributed by atoms with E-state index in [4.69, 9.17) is 0 Å². The molecule has 5 heavy (non-hydrogen) atoms. The van der Waals surface area contributed by atoms with Crippen molar-refractivity contribution in [3.8, 4) is 0 Å².